The van der Waals surface area contributed by atoms with E-state index < -0.39 is 23.5 Å². The first-order valence-electron chi connectivity index (χ1n) is 12.4. The summed E-state index contributed by atoms with van der Waals surface area (Å²) in [4.78, 5) is 30.5. The number of carbonyl (C=O) groups excluding carboxylic acids is 2. The Labute approximate surface area is 233 Å². The maximum atomic E-state index is 13.6. The summed E-state index contributed by atoms with van der Waals surface area (Å²) < 4.78 is 16.6. The molecule has 8 nitrogen and oxygen atoms in total. The number of anilines is 2. The van der Waals surface area contributed by atoms with Crippen LogP contribution in [0.1, 0.15) is 30.5 Å². The molecule has 9 heteroatoms. The molecule has 1 unspecified atom stereocenters. The van der Waals surface area contributed by atoms with Crippen molar-refractivity contribution in [3.8, 4) is 17.2 Å². The molecule has 1 atom stereocenters. The molecule has 3 aromatic carbocycles. The number of methoxy groups -OCH3 is 2. The van der Waals surface area contributed by atoms with Crippen LogP contribution < -0.4 is 24.0 Å². The summed E-state index contributed by atoms with van der Waals surface area (Å²) >= 11 is 6.27. The van der Waals surface area contributed by atoms with E-state index in [1.807, 2.05) is 50.2 Å². The molecule has 0 saturated carbocycles. The standard InChI is InChI=1S/C30H31ClN2O6/c1-6-14-39-21-9-7-8-20(15-21)33-27(18-10-12-19(13-11-18)32(2)3)26(29(35)30(33)36)28(34)22-16-25(38-5)23(31)17-24(22)37-4/h7-13,15-17,27,34H,6,14H2,1-5H3/b28-26+. The monoisotopic (exact) mass is 550 g/mol. The lowest BCUT2D eigenvalue weighted by Gasteiger charge is -2.26. The zero-order valence-corrected chi connectivity index (χ0v) is 23.3. The smallest absolute Gasteiger partial charge is 0.300 e. The van der Waals surface area contributed by atoms with Gasteiger partial charge in [0.05, 0.1) is 43.0 Å². The number of amides is 1. The highest BCUT2D eigenvalue weighted by molar-refractivity contribution is 6.51. The average molecular weight is 551 g/mol. The van der Waals surface area contributed by atoms with Gasteiger partial charge in [0.25, 0.3) is 11.7 Å². The number of ketones is 1. The molecule has 0 radical (unpaired) electrons. The summed E-state index contributed by atoms with van der Waals surface area (Å²) in [6, 6.07) is 16.5. The number of nitrogens with zero attached hydrogens (tertiary/aromatic N) is 2. The van der Waals surface area contributed by atoms with E-state index in [2.05, 4.69) is 0 Å². The van der Waals surface area contributed by atoms with E-state index in [1.165, 1.54) is 31.3 Å². The number of hydrogen-bond acceptors (Lipinski definition) is 7. The Bertz CT molecular complexity index is 1420. The van der Waals surface area contributed by atoms with E-state index in [0.29, 0.717) is 23.6 Å². The molecular weight excluding hydrogens is 520 g/mol. The minimum absolute atomic E-state index is 0.0832. The number of rotatable bonds is 9. The van der Waals surface area contributed by atoms with E-state index in [1.54, 1.807) is 24.3 Å². The van der Waals surface area contributed by atoms with Gasteiger partial charge in [0.15, 0.2) is 0 Å². The van der Waals surface area contributed by atoms with Gasteiger partial charge in [-0.05, 0) is 42.3 Å². The van der Waals surface area contributed by atoms with Crippen LogP contribution >= 0.6 is 11.6 Å². The zero-order valence-electron chi connectivity index (χ0n) is 22.5. The second kappa shape index (κ2) is 11.7. The number of halogens is 1. The van der Waals surface area contributed by atoms with Crippen LogP contribution in [0.3, 0.4) is 0 Å². The van der Waals surface area contributed by atoms with Crippen molar-refractivity contribution >= 4 is 40.4 Å². The third-order valence-corrected chi connectivity index (χ3v) is 6.76. The lowest BCUT2D eigenvalue weighted by atomic mass is 9.94. The Morgan fingerprint density at radius 3 is 2.31 bits per heavy atom. The minimum Gasteiger partial charge on any atom is -0.507 e. The zero-order chi connectivity index (χ0) is 28.3. The number of Topliss-reactive ketones (excluding diaryl/α,β-unsaturated/α-hetero) is 1. The number of hydrogen-bond donors (Lipinski definition) is 1. The molecule has 0 bridgehead atoms. The molecule has 0 aliphatic carbocycles. The fraction of sp³-hybridized carbons (Fsp3) is 0.267. The number of ether oxygens (including phenoxy) is 3. The van der Waals surface area contributed by atoms with Crippen molar-refractivity contribution in [3.05, 3.63) is 82.4 Å². The summed E-state index contributed by atoms with van der Waals surface area (Å²) in [5, 5.41) is 11.9. The van der Waals surface area contributed by atoms with Crippen LogP contribution in [0.2, 0.25) is 5.02 Å². The number of aliphatic hydroxyl groups excluding tert-OH is 1. The topological polar surface area (TPSA) is 88.5 Å². The van der Waals surface area contributed by atoms with E-state index in [4.69, 9.17) is 25.8 Å². The van der Waals surface area contributed by atoms with Crippen LogP contribution in [0.15, 0.2) is 66.2 Å². The first-order valence-corrected chi connectivity index (χ1v) is 12.8. The first-order chi connectivity index (χ1) is 18.7. The van der Waals surface area contributed by atoms with Gasteiger partial charge in [0.1, 0.15) is 23.0 Å². The molecule has 1 aliphatic rings. The molecular formula is C30H31ClN2O6. The maximum absolute atomic E-state index is 13.6. The van der Waals surface area contributed by atoms with Crippen molar-refractivity contribution in [2.45, 2.75) is 19.4 Å². The molecule has 204 valence electrons. The second-order valence-corrected chi connectivity index (χ2v) is 9.60. The van der Waals surface area contributed by atoms with Crippen molar-refractivity contribution in [1.82, 2.24) is 0 Å². The number of carbonyl (C=O) groups is 2. The Morgan fingerprint density at radius 1 is 1.00 bits per heavy atom. The Kier molecular flexibility index (Phi) is 8.35. The van der Waals surface area contributed by atoms with Gasteiger partial charge in [-0.2, -0.15) is 0 Å². The van der Waals surface area contributed by atoms with Crippen LogP contribution in [-0.2, 0) is 9.59 Å². The molecule has 1 N–H and O–H groups in total. The van der Waals surface area contributed by atoms with Gasteiger partial charge in [-0.1, -0.05) is 36.7 Å². The third kappa shape index (κ3) is 5.38. The van der Waals surface area contributed by atoms with Gasteiger partial charge in [0, 0.05) is 37.6 Å². The first kappa shape index (κ1) is 27.9. The normalized spacial score (nSPS) is 16.4. The Morgan fingerprint density at radius 2 is 1.69 bits per heavy atom. The average Bonchev–Trinajstić information content (AvgIpc) is 3.21. The van der Waals surface area contributed by atoms with Crippen LogP contribution in [0.4, 0.5) is 11.4 Å². The second-order valence-electron chi connectivity index (χ2n) is 9.19. The lowest BCUT2D eigenvalue weighted by molar-refractivity contribution is -0.132. The summed E-state index contributed by atoms with van der Waals surface area (Å²) in [7, 11) is 6.70. The SMILES string of the molecule is CCCOc1cccc(N2C(=O)C(=O)/C(=C(/O)c3cc(OC)c(Cl)cc3OC)C2c2ccc(N(C)C)cc2)c1. The minimum atomic E-state index is -0.922. The van der Waals surface area contributed by atoms with Gasteiger partial charge in [-0.15, -0.1) is 0 Å². The maximum Gasteiger partial charge on any atom is 0.300 e. The molecule has 0 spiro atoms. The number of benzene rings is 3. The lowest BCUT2D eigenvalue weighted by Crippen LogP contribution is -2.29. The molecule has 1 aliphatic heterocycles. The summed E-state index contributed by atoms with van der Waals surface area (Å²) in [5.41, 5.74) is 2.13. The highest BCUT2D eigenvalue weighted by atomic mass is 35.5. The van der Waals surface area contributed by atoms with E-state index in [-0.39, 0.29) is 27.7 Å². The van der Waals surface area contributed by atoms with Gasteiger partial charge < -0.3 is 24.2 Å². The fourth-order valence-electron chi connectivity index (χ4n) is 4.50. The third-order valence-electron chi connectivity index (χ3n) is 6.47. The predicted octanol–water partition coefficient (Wildman–Crippen LogP) is 5.84. The van der Waals surface area contributed by atoms with Crippen molar-refractivity contribution in [2.75, 3.05) is 44.7 Å². The van der Waals surface area contributed by atoms with E-state index >= 15 is 0 Å². The van der Waals surface area contributed by atoms with Gasteiger partial charge in [0.2, 0.25) is 0 Å². The van der Waals surface area contributed by atoms with Crippen LogP contribution in [0.25, 0.3) is 5.76 Å². The Balaban J connectivity index is 1.95. The van der Waals surface area contributed by atoms with Gasteiger partial charge in [-0.25, -0.2) is 0 Å². The summed E-state index contributed by atoms with van der Waals surface area (Å²) in [5.74, 6) is -0.928. The molecule has 39 heavy (non-hydrogen) atoms. The van der Waals surface area contributed by atoms with Crippen LogP contribution in [0.5, 0.6) is 17.2 Å². The molecule has 3 aromatic rings. The number of aliphatic hydroxyl groups is 1. The van der Waals surface area contributed by atoms with Gasteiger partial charge in [-0.3, -0.25) is 14.5 Å². The van der Waals surface area contributed by atoms with Crippen molar-refractivity contribution < 1.29 is 28.9 Å². The molecule has 1 fully saturated rings. The van der Waals surface area contributed by atoms with Gasteiger partial charge >= 0.3 is 0 Å². The van der Waals surface area contributed by atoms with Crippen LogP contribution in [-0.4, -0.2) is 51.7 Å². The summed E-state index contributed by atoms with van der Waals surface area (Å²) in [6.45, 7) is 2.51. The Hall–Kier alpha value is -4.17. The molecule has 1 amide bonds. The summed E-state index contributed by atoms with van der Waals surface area (Å²) in [6.07, 6.45) is 0.819. The van der Waals surface area contributed by atoms with E-state index in [0.717, 1.165) is 12.1 Å². The van der Waals surface area contributed by atoms with Crippen molar-refractivity contribution in [1.29, 1.82) is 0 Å². The van der Waals surface area contributed by atoms with Crippen molar-refractivity contribution in [2.24, 2.45) is 0 Å². The van der Waals surface area contributed by atoms with Crippen LogP contribution in [0, 0.1) is 0 Å². The fourth-order valence-corrected chi connectivity index (χ4v) is 4.73. The molecule has 1 saturated heterocycles. The molecule has 1 heterocycles. The quantitative estimate of drug-likeness (QED) is 0.203. The van der Waals surface area contributed by atoms with Crippen molar-refractivity contribution in [3.63, 3.8) is 0 Å². The molecule has 0 aromatic heterocycles. The molecule has 4 rings (SSSR count). The highest BCUT2D eigenvalue weighted by Crippen LogP contribution is 2.45. The predicted molar refractivity (Wildman–Crippen MR) is 152 cm³/mol. The van der Waals surface area contributed by atoms with E-state index in [9.17, 15) is 14.7 Å². The largest absolute Gasteiger partial charge is 0.507 e. The highest BCUT2D eigenvalue weighted by Gasteiger charge is 2.47.